The van der Waals surface area contributed by atoms with E-state index in [9.17, 15) is 9.18 Å². The maximum absolute atomic E-state index is 13.5. The second-order valence-corrected chi connectivity index (χ2v) is 8.64. The summed E-state index contributed by atoms with van der Waals surface area (Å²) in [4.78, 5) is 19.9. The lowest BCUT2D eigenvalue weighted by Crippen LogP contribution is -2.50. The summed E-state index contributed by atoms with van der Waals surface area (Å²) >= 11 is 0. The van der Waals surface area contributed by atoms with Crippen LogP contribution in [0.1, 0.15) is 30.7 Å². The van der Waals surface area contributed by atoms with E-state index in [-0.39, 0.29) is 17.8 Å². The molecule has 3 heterocycles. The molecule has 7 heteroatoms. The third-order valence-corrected chi connectivity index (χ3v) is 6.32. The first-order valence-corrected chi connectivity index (χ1v) is 11.3. The molecule has 5 rings (SSSR count). The van der Waals surface area contributed by atoms with Crippen molar-refractivity contribution in [2.45, 2.75) is 45.3 Å². The van der Waals surface area contributed by atoms with E-state index in [4.69, 9.17) is 4.98 Å². The van der Waals surface area contributed by atoms with Crippen molar-refractivity contribution in [3.63, 3.8) is 0 Å². The van der Waals surface area contributed by atoms with Crippen LogP contribution < -0.4 is 10.6 Å². The van der Waals surface area contributed by atoms with Crippen LogP contribution in [0.3, 0.4) is 0 Å². The Bertz CT molecular complexity index is 1100. The van der Waals surface area contributed by atoms with Crippen LogP contribution in [-0.2, 0) is 17.9 Å². The van der Waals surface area contributed by atoms with Crippen LogP contribution in [-0.4, -0.2) is 39.5 Å². The van der Waals surface area contributed by atoms with Crippen molar-refractivity contribution in [1.82, 2.24) is 19.8 Å². The van der Waals surface area contributed by atoms with Gasteiger partial charge in [0.2, 0.25) is 5.91 Å². The van der Waals surface area contributed by atoms with Gasteiger partial charge in [0, 0.05) is 24.3 Å². The van der Waals surface area contributed by atoms with Crippen molar-refractivity contribution in [3.05, 3.63) is 65.7 Å². The minimum Gasteiger partial charge on any atom is -0.340 e. The van der Waals surface area contributed by atoms with Gasteiger partial charge in [-0.25, -0.2) is 9.37 Å². The fraction of sp³-hybridized carbons (Fsp3) is 0.360. The second-order valence-electron chi connectivity index (χ2n) is 8.64. The molecule has 2 aliphatic heterocycles. The molecule has 2 N–H and O–H groups in total. The highest BCUT2D eigenvalue weighted by atomic mass is 19.1. The van der Waals surface area contributed by atoms with E-state index in [2.05, 4.69) is 34.3 Å². The minimum atomic E-state index is -0.275. The minimum absolute atomic E-state index is 0.0908. The van der Waals surface area contributed by atoms with Crippen LogP contribution >= 0.6 is 0 Å². The van der Waals surface area contributed by atoms with E-state index >= 15 is 0 Å². The molecule has 32 heavy (non-hydrogen) atoms. The van der Waals surface area contributed by atoms with Crippen LogP contribution in [0.5, 0.6) is 0 Å². The zero-order chi connectivity index (χ0) is 22.1. The summed E-state index contributed by atoms with van der Waals surface area (Å²) < 4.78 is 15.7. The lowest BCUT2D eigenvalue weighted by Gasteiger charge is -2.33. The van der Waals surface area contributed by atoms with Gasteiger partial charge < -0.3 is 20.1 Å². The highest BCUT2D eigenvalue weighted by molar-refractivity contribution is 5.82. The number of piperidine rings is 1. The van der Waals surface area contributed by atoms with Gasteiger partial charge in [-0.05, 0) is 62.7 Å². The number of imidazole rings is 1. The molecule has 3 aromatic rings. The summed E-state index contributed by atoms with van der Waals surface area (Å²) in [5.41, 5.74) is 3.77. The number of nitrogens with zero attached hydrogens (tertiary/aromatic N) is 3. The Balaban J connectivity index is 1.47. The Morgan fingerprint density at radius 3 is 2.59 bits per heavy atom. The van der Waals surface area contributed by atoms with E-state index in [0.29, 0.717) is 19.6 Å². The molecule has 0 saturated carbocycles. The number of anilines is 2. The first-order chi connectivity index (χ1) is 15.6. The summed E-state index contributed by atoms with van der Waals surface area (Å²) in [5, 5.41) is 6.88. The van der Waals surface area contributed by atoms with Gasteiger partial charge in [0.15, 0.2) is 0 Å². The van der Waals surface area contributed by atoms with E-state index in [1.54, 1.807) is 12.1 Å². The predicted molar refractivity (Wildman–Crippen MR) is 123 cm³/mol. The molecule has 0 spiro atoms. The second kappa shape index (κ2) is 8.74. The summed E-state index contributed by atoms with van der Waals surface area (Å²) in [7, 11) is 0. The van der Waals surface area contributed by atoms with Crippen molar-refractivity contribution in [1.29, 1.82) is 0 Å². The molecule has 6 nitrogen and oxygen atoms in total. The van der Waals surface area contributed by atoms with Gasteiger partial charge in [-0.2, -0.15) is 0 Å². The van der Waals surface area contributed by atoms with Gasteiger partial charge in [-0.1, -0.05) is 24.1 Å². The molecule has 0 unspecified atom stereocenters. The summed E-state index contributed by atoms with van der Waals surface area (Å²) in [5.74, 6) is 1.60. The predicted octanol–water partition coefficient (Wildman–Crippen LogP) is 4.23. The number of aryl methyl sites for hydroxylation is 1. The molecule has 2 aliphatic rings. The van der Waals surface area contributed by atoms with Crippen molar-refractivity contribution in [2.24, 2.45) is 0 Å². The molecule has 166 valence electrons. The van der Waals surface area contributed by atoms with Crippen molar-refractivity contribution < 1.29 is 9.18 Å². The fourth-order valence-electron chi connectivity index (χ4n) is 4.51. The number of aromatic nitrogens is 2. The number of rotatable bonds is 4. The van der Waals surface area contributed by atoms with Gasteiger partial charge in [0.25, 0.3) is 0 Å². The quantitative estimate of drug-likeness (QED) is 0.647. The first-order valence-electron chi connectivity index (χ1n) is 11.3. The van der Waals surface area contributed by atoms with Gasteiger partial charge >= 0.3 is 0 Å². The van der Waals surface area contributed by atoms with Gasteiger partial charge in [0.05, 0.1) is 12.6 Å². The van der Waals surface area contributed by atoms with Crippen LogP contribution in [0.2, 0.25) is 0 Å². The maximum atomic E-state index is 13.5. The maximum Gasteiger partial charge on any atom is 0.240 e. The number of halogens is 1. The Labute approximate surface area is 187 Å². The van der Waals surface area contributed by atoms with Crippen molar-refractivity contribution >= 4 is 17.4 Å². The number of fused-ring (bicyclic) bond motifs is 1. The molecule has 0 bridgehead atoms. The number of carbonyl (C=O) groups excluding carboxylic acids is 1. The summed E-state index contributed by atoms with van der Waals surface area (Å²) in [6.45, 7) is 4.74. The molecule has 1 atom stereocenters. The normalized spacial score (nSPS) is 18.3. The Morgan fingerprint density at radius 1 is 1.09 bits per heavy atom. The summed E-state index contributed by atoms with van der Waals surface area (Å²) in [6, 6.07) is 14.5. The third kappa shape index (κ3) is 4.12. The molecule has 2 aromatic carbocycles. The van der Waals surface area contributed by atoms with E-state index in [1.165, 1.54) is 17.7 Å². The van der Waals surface area contributed by atoms with Gasteiger partial charge in [-0.15, -0.1) is 0 Å². The monoisotopic (exact) mass is 433 g/mol. The molecule has 1 saturated heterocycles. The number of nitrogens with one attached hydrogen (secondary N) is 2. The topological polar surface area (TPSA) is 62.2 Å². The highest BCUT2D eigenvalue weighted by Crippen LogP contribution is 2.33. The first kappa shape index (κ1) is 20.7. The molecule has 1 fully saturated rings. The standard InChI is InChI=1S/C25H28FN5O/c1-17-5-11-20(12-6-17)28-24-23(18-7-9-19(26)10-8-18)29-22-16-30(14-15-31(22)24)25(32)21-4-2-3-13-27-21/h5-12,21,27-28H,2-4,13-16H2,1H3/t21-/m1/s1. The average molecular weight is 434 g/mol. The van der Waals surface area contributed by atoms with E-state index < -0.39 is 0 Å². The molecule has 0 radical (unpaired) electrons. The Kier molecular flexibility index (Phi) is 5.66. The Hall–Kier alpha value is -3.19. The molecular formula is C25H28FN5O. The number of carbonyl (C=O) groups is 1. The fourth-order valence-corrected chi connectivity index (χ4v) is 4.51. The number of hydrogen-bond donors (Lipinski definition) is 2. The van der Waals surface area contributed by atoms with Gasteiger partial charge in [-0.3, -0.25) is 4.79 Å². The summed E-state index contributed by atoms with van der Waals surface area (Å²) in [6.07, 6.45) is 3.11. The Morgan fingerprint density at radius 2 is 1.88 bits per heavy atom. The zero-order valence-corrected chi connectivity index (χ0v) is 18.3. The SMILES string of the molecule is Cc1ccc(Nc2c(-c3ccc(F)cc3)nc3n2CCN(C(=O)[C@H]2CCCCN2)C3)cc1. The van der Waals surface area contributed by atoms with E-state index in [0.717, 1.165) is 54.4 Å². The highest BCUT2D eigenvalue weighted by Gasteiger charge is 2.31. The third-order valence-electron chi connectivity index (χ3n) is 6.32. The van der Waals surface area contributed by atoms with Crippen molar-refractivity contribution in [2.75, 3.05) is 18.4 Å². The van der Waals surface area contributed by atoms with Crippen LogP contribution in [0, 0.1) is 12.7 Å². The zero-order valence-electron chi connectivity index (χ0n) is 18.3. The number of hydrogen-bond acceptors (Lipinski definition) is 4. The number of benzene rings is 2. The van der Waals surface area contributed by atoms with E-state index in [1.807, 2.05) is 17.0 Å². The van der Waals surface area contributed by atoms with Crippen molar-refractivity contribution in [3.8, 4) is 11.3 Å². The van der Waals surface area contributed by atoms with Crippen LogP contribution in [0.15, 0.2) is 48.5 Å². The lowest BCUT2D eigenvalue weighted by atomic mass is 10.0. The molecular weight excluding hydrogens is 405 g/mol. The van der Waals surface area contributed by atoms with Crippen LogP contribution in [0.4, 0.5) is 15.9 Å². The molecule has 1 amide bonds. The molecule has 0 aliphatic carbocycles. The smallest absolute Gasteiger partial charge is 0.240 e. The van der Waals surface area contributed by atoms with Gasteiger partial charge in [0.1, 0.15) is 23.2 Å². The average Bonchev–Trinajstić information content (AvgIpc) is 3.18. The lowest BCUT2D eigenvalue weighted by molar-refractivity contribution is -0.135. The largest absolute Gasteiger partial charge is 0.340 e. The van der Waals surface area contributed by atoms with Crippen LogP contribution in [0.25, 0.3) is 11.3 Å². The number of amides is 1. The molecule has 1 aromatic heterocycles.